The Hall–Kier alpha value is -5.10. The summed E-state index contributed by atoms with van der Waals surface area (Å²) in [6.07, 6.45) is 8.15. The number of carbonyl (C=O) groups is 2. The van der Waals surface area contributed by atoms with Gasteiger partial charge in [-0.1, -0.05) is 19.0 Å². The zero-order valence-electron chi connectivity index (χ0n) is 39.0. The number of aromatic hydroxyl groups is 1. The molecule has 4 aromatic rings. The number of rotatable bonds is 19. The van der Waals surface area contributed by atoms with E-state index in [1.54, 1.807) is 43.9 Å². The quantitative estimate of drug-likeness (QED) is 0.0204. The van der Waals surface area contributed by atoms with Crippen LogP contribution >= 0.6 is 0 Å². The van der Waals surface area contributed by atoms with Crippen LogP contribution in [0, 0.1) is 30.6 Å². The summed E-state index contributed by atoms with van der Waals surface area (Å²) in [7, 11) is 1.45. The maximum atomic E-state index is 14.6. The van der Waals surface area contributed by atoms with Crippen LogP contribution in [-0.2, 0) is 34.3 Å². The SMILES string of the molecule is CO[C@@H](/C=C/O[C@@]1(C)Oc2c(C)c(=O)c3c(O)c([NH-])c4oc5cc(OCCN6CCCCC6)ccc5nc4c3c2C1=O)[C@@H](C)[C@@H](OC(C)=O)[C@H](C)[C@H](O)[C@H](C)[C@@H](O)[C@@H](C)/C=C/C=C(/C)[CH]=[Co]. The van der Waals surface area contributed by atoms with Crippen molar-refractivity contribution in [2.45, 2.75) is 105 Å². The van der Waals surface area contributed by atoms with Crippen molar-refractivity contribution in [3.05, 3.63) is 81.4 Å². The number of nitrogens with zero attached hydrogens (tertiary/aromatic N) is 2. The van der Waals surface area contributed by atoms with E-state index in [1.165, 1.54) is 59.5 Å². The van der Waals surface area contributed by atoms with E-state index < -0.39 is 76.6 Å². The Labute approximate surface area is 392 Å². The molecule has 0 radical (unpaired) electrons. The molecule has 1 fully saturated rings. The van der Waals surface area contributed by atoms with E-state index in [-0.39, 0.29) is 50.2 Å². The number of aromatic nitrogens is 1. The first-order valence-electron chi connectivity index (χ1n) is 22.4. The third-order valence-corrected chi connectivity index (χ3v) is 13.5. The number of piperidine rings is 1. The number of esters is 1. The summed E-state index contributed by atoms with van der Waals surface area (Å²) in [6.45, 7) is 16.4. The monoisotopic (exact) mass is 955 g/mol. The topological polar surface area (TPSA) is 211 Å². The first-order chi connectivity index (χ1) is 31.3. The molecule has 15 nitrogen and oxygen atoms in total. The molecule has 16 heteroatoms. The predicted octanol–water partition coefficient (Wildman–Crippen LogP) is 7.94. The molecular weight excluding hydrogens is 893 g/mol. The number of likely N-dealkylation sites (tertiary alicyclic amines) is 1. The number of Topliss-reactive ketones (excluding diaryl/α,β-unsaturated/α-hetero) is 1. The Kier molecular flexibility index (Phi) is 16.2. The molecule has 66 heavy (non-hydrogen) atoms. The van der Waals surface area contributed by atoms with Gasteiger partial charge in [0.25, 0.3) is 5.78 Å². The van der Waals surface area contributed by atoms with Crippen molar-refractivity contribution in [3.8, 4) is 17.2 Å². The summed E-state index contributed by atoms with van der Waals surface area (Å²) in [4.78, 5) is 49.7. The summed E-state index contributed by atoms with van der Waals surface area (Å²) in [5, 5.41) is 33.8. The van der Waals surface area contributed by atoms with Crippen LogP contribution in [0.1, 0.15) is 83.7 Å². The van der Waals surface area contributed by atoms with Crippen LogP contribution in [0.3, 0.4) is 0 Å². The van der Waals surface area contributed by atoms with Gasteiger partial charge in [-0.3, -0.25) is 19.3 Å². The third kappa shape index (κ3) is 10.4. The van der Waals surface area contributed by atoms with Crippen molar-refractivity contribution < 1.29 is 68.3 Å². The van der Waals surface area contributed by atoms with E-state index in [4.69, 9.17) is 38.8 Å². The fraction of sp³-hybridized carbons (Fsp3) is 0.500. The standard InChI is InChI=1S/C50H63N3O12.Co/c1-26(2)15-14-16-27(3)42(55)29(5)43(56)30(6)46(63-32(8)54)28(4)35(60-10)19-23-62-50(9)49(59)39-37-38(44(57)31(7)47(39)65-50)45(58)40(51)48-41(37)52-34-18-17-33(25-36(34)64-48)61-24-22-53-20-12-11-13-21-53;/h1,14-19,23,25,27-30,35,42-43,46,55-56H,11-13,20-22,24H2,2-10H3,(H3,51,52,57,58,59);/p-1/b16-14+,23-19+,26-15+;/t27-,28+,29+,30+,35-,42-,43+,46+,50-;/m0./s1. The first kappa shape index (κ1) is 50.3. The maximum absolute atomic E-state index is 14.6. The number of nitrogens with one attached hydrogen (secondary N) is 1. The van der Waals surface area contributed by atoms with Gasteiger partial charge in [0.2, 0.25) is 0 Å². The number of methoxy groups -OCH3 is 1. The number of ketones is 1. The van der Waals surface area contributed by atoms with Crippen molar-refractivity contribution >= 4 is 55.4 Å². The fourth-order valence-electron chi connectivity index (χ4n) is 8.99. The van der Waals surface area contributed by atoms with E-state index >= 15 is 0 Å². The Bertz CT molecular complexity index is 2620. The van der Waals surface area contributed by atoms with E-state index in [2.05, 4.69) is 20.2 Å². The van der Waals surface area contributed by atoms with Crippen molar-refractivity contribution in [3.63, 3.8) is 0 Å². The van der Waals surface area contributed by atoms with E-state index in [0.29, 0.717) is 17.9 Å². The Morgan fingerprint density at radius 1 is 1.03 bits per heavy atom. The van der Waals surface area contributed by atoms with Gasteiger partial charge >= 0.3 is 140 Å². The van der Waals surface area contributed by atoms with Crippen LogP contribution in [0.4, 0.5) is 5.69 Å². The minimum absolute atomic E-state index is 0.00760. The average Bonchev–Trinajstić information content (AvgIpc) is 3.57. The zero-order chi connectivity index (χ0) is 48.2. The number of carbonyl (C=O) groups excluding carboxylic acids is 2. The molecule has 0 amide bonds. The molecule has 0 spiro atoms. The van der Waals surface area contributed by atoms with Crippen molar-refractivity contribution in [1.82, 2.24) is 9.88 Å². The Morgan fingerprint density at radius 3 is 2.41 bits per heavy atom. The second-order valence-corrected chi connectivity index (χ2v) is 18.1. The number of hydrogen-bond acceptors (Lipinski definition) is 14. The number of aliphatic hydroxyl groups excluding tert-OH is 2. The second kappa shape index (κ2) is 21.2. The summed E-state index contributed by atoms with van der Waals surface area (Å²) in [5.74, 6) is -5.66. The molecule has 4 N–H and O–H groups in total. The Balaban J connectivity index is 1.25. The molecule has 1 aromatic heterocycles. The van der Waals surface area contributed by atoms with Gasteiger partial charge in [0.1, 0.15) is 40.5 Å². The molecule has 3 heterocycles. The predicted molar refractivity (Wildman–Crippen MR) is 249 cm³/mol. The van der Waals surface area contributed by atoms with Crippen LogP contribution in [0.15, 0.2) is 63.6 Å². The number of aliphatic hydroxyl groups is 2. The van der Waals surface area contributed by atoms with Crippen molar-refractivity contribution in [2.75, 3.05) is 33.4 Å². The second-order valence-electron chi connectivity index (χ2n) is 17.8. The zero-order valence-corrected chi connectivity index (χ0v) is 40.0. The molecule has 0 unspecified atom stereocenters. The van der Waals surface area contributed by atoms with E-state index in [9.17, 15) is 29.7 Å². The van der Waals surface area contributed by atoms with Crippen LogP contribution in [0.5, 0.6) is 17.2 Å². The number of allylic oxidation sites excluding steroid dienone is 3. The number of fused-ring (bicyclic) bond motifs is 6. The van der Waals surface area contributed by atoms with Crippen LogP contribution in [0.2, 0.25) is 0 Å². The number of hydrogen-bond donors (Lipinski definition) is 3. The van der Waals surface area contributed by atoms with E-state index in [1.807, 2.05) is 32.1 Å². The molecule has 9 atom stereocenters. The number of phenolic OH excluding ortho intramolecular Hbond substituents is 1. The molecule has 0 bridgehead atoms. The van der Waals surface area contributed by atoms with Gasteiger partial charge in [0.05, 0.1) is 23.3 Å². The molecule has 0 aliphatic carbocycles. The van der Waals surface area contributed by atoms with Gasteiger partial charge < -0.3 is 34.2 Å². The number of benzene rings is 3. The molecule has 2 aliphatic heterocycles. The van der Waals surface area contributed by atoms with Gasteiger partial charge in [0.15, 0.2) is 11.0 Å². The van der Waals surface area contributed by atoms with Gasteiger partial charge in [-0.25, -0.2) is 4.98 Å². The molecule has 2 aliphatic rings. The van der Waals surface area contributed by atoms with Crippen molar-refractivity contribution in [1.29, 1.82) is 0 Å². The van der Waals surface area contributed by atoms with Gasteiger partial charge in [-0.15, -0.1) is 0 Å². The molecule has 359 valence electrons. The molecule has 0 saturated carbocycles. The number of ether oxygens (including phenoxy) is 5. The molecule has 3 aromatic carbocycles. The van der Waals surface area contributed by atoms with E-state index in [0.717, 1.165) is 25.2 Å². The molecular formula is C50H62CoN3O12-. The third-order valence-electron chi connectivity index (χ3n) is 13.0. The normalized spacial score (nSPS) is 20.8. The summed E-state index contributed by atoms with van der Waals surface area (Å²) >= 11 is 4.19. The summed E-state index contributed by atoms with van der Waals surface area (Å²) in [6, 6.07) is 5.09. The van der Waals surface area contributed by atoms with Crippen molar-refractivity contribution in [2.24, 2.45) is 23.7 Å². The number of phenols is 1. The minimum atomic E-state index is -2.02. The van der Waals surface area contributed by atoms with Crippen LogP contribution in [-0.4, -0.2) is 105 Å². The molecule has 6 rings (SSSR count). The van der Waals surface area contributed by atoms with Crippen LogP contribution in [0.25, 0.3) is 38.7 Å². The summed E-state index contributed by atoms with van der Waals surface area (Å²) in [5.41, 5.74) is 9.08. The Morgan fingerprint density at radius 2 is 1.74 bits per heavy atom. The van der Waals surface area contributed by atoms with Gasteiger partial charge in [-0.2, -0.15) is 0 Å². The fourth-order valence-corrected chi connectivity index (χ4v) is 9.09. The van der Waals surface area contributed by atoms with Gasteiger partial charge in [0, 0.05) is 44.5 Å². The molecule has 1 saturated heterocycles. The average molecular weight is 956 g/mol. The first-order valence-corrected chi connectivity index (χ1v) is 23.0. The van der Waals surface area contributed by atoms with Crippen LogP contribution < -0.4 is 14.9 Å². The summed E-state index contributed by atoms with van der Waals surface area (Å²) < 4.78 is 36.1. The van der Waals surface area contributed by atoms with Gasteiger partial charge in [-0.05, 0) is 51.1 Å².